The van der Waals surface area contributed by atoms with Gasteiger partial charge < -0.3 is 10.6 Å². The Morgan fingerprint density at radius 1 is 0.947 bits per heavy atom. The van der Waals surface area contributed by atoms with E-state index in [2.05, 4.69) is 4.90 Å². The number of carbonyl (C=O) groups excluding carboxylic acids is 1. The number of carbonyl (C=O) groups is 1. The van der Waals surface area contributed by atoms with Crippen LogP contribution in [0, 0.1) is 5.41 Å². The van der Waals surface area contributed by atoms with Gasteiger partial charge in [-0.25, -0.2) is 0 Å². The molecule has 0 aromatic rings. The maximum Gasteiger partial charge on any atom is 0.223 e. The van der Waals surface area contributed by atoms with Crippen molar-refractivity contribution in [3.63, 3.8) is 0 Å². The summed E-state index contributed by atoms with van der Waals surface area (Å²) in [5.41, 5.74) is 6.10. The standard InChI is InChI=1S/C15H28N2O.ClH/c16-13-15(8-4-3-5-9-15)12-14(18)17-10-6-1-2-7-11-17;/h1-13,16H2;1H. The Morgan fingerprint density at radius 2 is 1.47 bits per heavy atom. The minimum atomic E-state index is 0. The van der Waals surface area contributed by atoms with Gasteiger partial charge in [0.25, 0.3) is 0 Å². The fraction of sp³-hybridized carbons (Fsp3) is 0.933. The largest absolute Gasteiger partial charge is 0.343 e. The third-order valence-corrected chi connectivity index (χ3v) is 4.83. The molecular formula is C15H29ClN2O. The predicted octanol–water partition coefficient (Wildman–Crippen LogP) is 3.11. The van der Waals surface area contributed by atoms with Gasteiger partial charge in [0.2, 0.25) is 5.91 Å². The van der Waals surface area contributed by atoms with Crippen LogP contribution in [0.4, 0.5) is 0 Å². The van der Waals surface area contributed by atoms with E-state index in [1.54, 1.807) is 0 Å². The lowest BCUT2D eigenvalue weighted by molar-refractivity contribution is -0.134. The highest BCUT2D eigenvalue weighted by Crippen LogP contribution is 2.38. The van der Waals surface area contributed by atoms with Crippen LogP contribution in [0.15, 0.2) is 0 Å². The molecule has 1 saturated heterocycles. The number of nitrogens with zero attached hydrogens (tertiary/aromatic N) is 1. The number of hydrogen-bond acceptors (Lipinski definition) is 2. The van der Waals surface area contributed by atoms with E-state index in [9.17, 15) is 4.79 Å². The molecule has 2 aliphatic rings. The Hall–Kier alpha value is -0.280. The Bertz CT molecular complexity index is 269. The highest BCUT2D eigenvalue weighted by atomic mass is 35.5. The first-order valence-electron chi connectivity index (χ1n) is 7.74. The summed E-state index contributed by atoms with van der Waals surface area (Å²) in [7, 11) is 0. The SMILES string of the molecule is Cl.NCC1(CC(=O)N2CCCCCC2)CCCCC1. The third-order valence-electron chi connectivity index (χ3n) is 4.83. The van der Waals surface area contributed by atoms with Crippen LogP contribution in [-0.2, 0) is 4.79 Å². The average molecular weight is 289 g/mol. The Balaban J connectivity index is 0.00000180. The summed E-state index contributed by atoms with van der Waals surface area (Å²) in [6.45, 7) is 2.63. The highest BCUT2D eigenvalue weighted by Gasteiger charge is 2.34. The molecule has 2 N–H and O–H groups in total. The van der Waals surface area contributed by atoms with Crippen LogP contribution in [0.25, 0.3) is 0 Å². The molecular weight excluding hydrogens is 260 g/mol. The molecule has 0 spiro atoms. The van der Waals surface area contributed by atoms with Gasteiger partial charge in [0.05, 0.1) is 0 Å². The van der Waals surface area contributed by atoms with Crippen molar-refractivity contribution in [2.75, 3.05) is 19.6 Å². The van der Waals surface area contributed by atoms with E-state index in [1.807, 2.05) is 0 Å². The highest BCUT2D eigenvalue weighted by molar-refractivity contribution is 5.85. The van der Waals surface area contributed by atoms with Crippen molar-refractivity contribution in [2.45, 2.75) is 64.2 Å². The fourth-order valence-electron chi connectivity index (χ4n) is 3.51. The summed E-state index contributed by atoms with van der Waals surface area (Å²) in [4.78, 5) is 14.5. The third kappa shape index (κ3) is 4.64. The second-order valence-electron chi connectivity index (χ2n) is 6.24. The van der Waals surface area contributed by atoms with Crippen LogP contribution >= 0.6 is 12.4 Å². The van der Waals surface area contributed by atoms with E-state index in [0.717, 1.165) is 25.9 Å². The Morgan fingerprint density at radius 3 is 2.00 bits per heavy atom. The van der Waals surface area contributed by atoms with Crippen molar-refractivity contribution >= 4 is 18.3 Å². The van der Waals surface area contributed by atoms with E-state index in [-0.39, 0.29) is 17.8 Å². The molecule has 2 fully saturated rings. The van der Waals surface area contributed by atoms with Crippen LogP contribution in [0.2, 0.25) is 0 Å². The molecule has 3 nitrogen and oxygen atoms in total. The number of amides is 1. The number of likely N-dealkylation sites (tertiary alicyclic amines) is 1. The molecule has 19 heavy (non-hydrogen) atoms. The molecule has 0 bridgehead atoms. The first-order chi connectivity index (χ1) is 8.76. The van der Waals surface area contributed by atoms with Gasteiger partial charge in [-0.3, -0.25) is 4.79 Å². The Kier molecular flexibility index (Phi) is 7.16. The molecule has 0 aromatic heterocycles. The van der Waals surface area contributed by atoms with Crippen molar-refractivity contribution < 1.29 is 4.79 Å². The molecule has 112 valence electrons. The lowest BCUT2D eigenvalue weighted by atomic mass is 9.71. The minimum Gasteiger partial charge on any atom is -0.343 e. The molecule has 0 unspecified atom stereocenters. The number of hydrogen-bond donors (Lipinski definition) is 1. The van der Waals surface area contributed by atoms with E-state index in [0.29, 0.717) is 18.9 Å². The molecule has 0 radical (unpaired) electrons. The average Bonchev–Trinajstić information content (AvgIpc) is 2.68. The molecule has 2 rings (SSSR count). The van der Waals surface area contributed by atoms with Crippen LogP contribution in [0.3, 0.4) is 0 Å². The second-order valence-corrected chi connectivity index (χ2v) is 6.24. The fourth-order valence-corrected chi connectivity index (χ4v) is 3.51. The van der Waals surface area contributed by atoms with E-state index >= 15 is 0 Å². The van der Waals surface area contributed by atoms with Crippen LogP contribution < -0.4 is 5.73 Å². The quantitative estimate of drug-likeness (QED) is 0.867. The molecule has 0 aromatic carbocycles. The number of rotatable bonds is 3. The number of halogens is 1. The van der Waals surface area contributed by atoms with Crippen molar-refractivity contribution in [1.29, 1.82) is 0 Å². The zero-order chi connectivity index (χ0) is 12.8. The van der Waals surface area contributed by atoms with Gasteiger partial charge in [0, 0.05) is 19.5 Å². The topological polar surface area (TPSA) is 46.3 Å². The van der Waals surface area contributed by atoms with Crippen molar-refractivity contribution in [2.24, 2.45) is 11.1 Å². The van der Waals surface area contributed by atoms with Crippen molar-refractivity contribution in [3.05, 3.63) is 0 Å². The molecule has 0 atom stereocenters. The van der Waals surface area contributed by atoms with E-state index in [4.69, 9.17) is 5.73 Å². The maximum absolute atomic E-state index is 12.5. The second kappa shape index (κ2) is 8.11. The Labute approximate surface area is 123 Å². The summed E-state index contributed by atoms with van der Waals surface area (Å²) >= 11 is 0. The van der Waals surface area contributed by atoms with Gasteiger partial charge in [0.1, 0.15) is 0 Å². The summed E-state index contributed by atoms with van der Waals surface area (Å²) in [5.74, 6) is 0.365. The molecule has 1 aliphatic heterocycles. The van der Waals surface area contributed by atoms with Gasteiger partial charge in [-0.05, 0) is 37.6 Å². The lowest BCUT2D eigenvalue weighted by Gasteiger charge is -2.37. The zero-order valence-corrected chi connectivity index (χ0v) is 12.8. The van der Waals surface area contributed by atoms with Crippen molar-refractivity contribution in [3.8, 4) is 0 Å². The summed E-state index contributed by atoms with van der Waals surface area (Å²) < 4.78 is 0. The minimum absolute atomic E-state index is 0. The normalized spacial score (nSPS) is 23.3. The van der Waals surface area contributed by atoms with Gasteiger partial charge in [0.15, 0.2) is 0 Å². The van der Waals surface area contributed by atoms with Gasteiger partial charge in [-0.1, -0.05) is 32.1 Å². The molecule has 4 heteroatoms. The summed E-state index contributed by atoms with van der Waals surface area (Å²) in [5, 5.41) is 0. The number of nitrogens with two attached hydrogens (primary N) is 1. The maximum atomic E-state index is 12.5. The smallest absolute Gasteiger partial charge is 0.223 e. The summed E-state index contributed by atoms with van der Waals surface area (Å²) in [6, 6.07) is 0. The molecule has 1 saturated carbocycles. The molecule has 1 heterocycles. The zero-order valence-electron chi connectivity index (χ0n) is 12.0. The van der Waals surface area contributed by atoms with E-state index in [1.165, 1.54) is 44.9 Å². The van der Waals surface area contributed by atoms with Crippen molar-refractivity contribution in [1.82, 2.24) is 4.90 Å². The van der Waals surface area contributed by atoms with Crippen LogP contribution in [-0.4, -0.2) is 30.4 Å². The molecule has 1 amide bonds. The van der Waals surface area contributed by atoms with Gasteiger partial charge >= 0.3 is 0 Å². The van der Waals surface area contributed by atoms with Crippen LogP contribution in [0.1, 0.15) is 64.2 Å². The monoisotopic (exact) mass is 288 g/mol. The van der Waals surface area contributed by atoms with Crippen LogP contribution in [0.5, 0.6) is 0 Å². The van der Waals surface area contributed by atoms with E-state index < -0.39 is 0 Å². The lowest BCUT2D eigenvalue weighted by Crippen LogP contribution is -2.40. The molecule has 1 aliphatic carbocycles. The first kappa shape index (κ1) is 16.8. The van der Waals surface area contributed by atoms with Gasteiger partial charge in [-0.15, -0.1) is 12.4 Å². The summed E-state index contributed by atoms with van der Waals surface area (Å²) in [6.07, 6.45) is 11.8. The predicted molar refractivity (Wildman–Crippen MR) is 81.5 cm³/mol. The first-order valence-corrected chi connectivity index (χ1v) is 7.74. The van der Waals surface area contributed by atoms with Gasteiger partial charge in [-0.2, -0.15) is 0 Å².